The van der Waals surface area contributed by atoms with Gasteiger partial charge in [0.1, 0.15) is 0 Å². The maximum absolute atomic E-state index is 11.6. The lowest BCUT2D eigenvalue weighted by Crippen LogP contribution is -2.42. The lowest BCUT2D eigenvalue weighted by molar-refractivity contribution is -0.122. The van der Waals surface area contributed by atoms with Crippen LogP contribution in [0.5, 0.6) is 0 Å². The number of nitrogens with one attached hydrogen (secondary N) is 2. The standard InChI is InChI=1S/C14H21N3O/c1-3-16-14(18)10-17(2)13-9-15-8-11-6-4-5-7-12(11)13/h4-7,13,15H,3,8-10H2,1-2H3,(H,16,18). The molecule has 0 saturated carbocycles. The number of hydrogen-bond acceptors (Lipinski definition) is 3. The molecule has 0 saturated heterocycles. The highest BCUT2D eigenvalue weighted by atomic mass is 16.2. The van der Waals surface area contributed by atoms with Gasteiger partial charge in [-0.2, -0.15) is 0 Å². The summed E-state index contributed by atoms with van der Waals surface area (Å²) in [7, 11) is 2.00. The van der Waals surface area contributed by atoms with E-state index in [2.05, 4.69) is 39.8 Å². The first-order chi connectivity index (χ1) is 8.72. The fourth-order valence-corrected chi connectivity index (χ4v) is 2.46. The van der Waals surface area contributed by atoms with Gasteiger partial charge < -0.3 is 10.6 Å². The Morgan fingerprint density at radius 1 is 1.50 bits per heavy atom. The van der Waals surface area contributed by atoms with E-state index in [1.807, 2.05) is 14.0 Å². The zero-order valence-corrected chi connectivity index (χ0v) is 11.1. The summed E-state index contributed by atoms with van der Waals surface area (Å²) in [5.74, 6) is 0.0862. The third-order valence-electron chi connectivity index (χ3n) is 3.37. The number of carbonyl (C=O) groups is 1. The summed E-state index contributed by atoms with van der Waals surface area (Å²) in [5, 5.41) is 6.24. The number of hydrogen-bond donors (Lipinski definition) is 2. The Morgan fingerprint density at radius 3 is 3.06 bits per heavy atom. The highest BCUT2D eigenvalue weighted by Crippen LogP contribution is 2.25. The highest BCUT2D eigenvalue weighted by Gasteiger charge is 2.24. The van der Waals surface area contributed by atoms with Gasteiger partial charge >= 0.3 is 0 Å². The summed E-state index contributed by atoms with van der Waals surface area (Å²) < 4.78 is 0. The summed E-state index contributed by atoms with van der Waals surface area (Å²) in [6, 6.07) is 8.71. The SMILES string of the molecule is CCNC(=O)CN(C)C1CNCc2ccccc21. The molecule has 0 bridgehead atoms. The fraction of sp³-hybridized carbons (Fsp3) is 0.500. The molecule has 0 radical (unpaired) electrons. The molecule has 1 heterocycles. The molecule has 1 atom stereocenters. The van der Waals surface area contributed by atoms with E-state index in [1.165, 1.54) is 11.1 Å². The third-order valence-corrected chi connectivity index (χ3v) is 3.37. The average Bonchev–Trinajstić information content (AvgIpc) is 2.38. The van der Waals surface area contributed by atoms with Crippen LogP contribution in [0, 0.1) is 0 Å². The summed E-state index contributed by atoms with van der Waals surface area (Å²) in [6.45, 7) is 4.88. The van der Waals surface area contributed by atoms with Gasteiger partial charge in [-0.3, -0.25) is 9.69 Å². The second-order valence-electron chi connectivity index (χ2n) is 4.71. The first-order valence-corrected chi connectivity index (χ1v) is 6.47. The fourth-order valence-electron chi connectivity index (χ4n) is 2.46. The molecule has 2 N–H and O–H groups in total. The van der Waals surface area contributed by atoms with Crippen LogP contribution in [0.2, 0.25) is 0 Å². The number of amides is 1. The minimum Gasteiger partial charge on any atom is -0.355 e. The smallest absolute Gasteiger partial charge is 0.234 e. The number of likely N-dealkylation sites (N-methyl/N-ethyl adjacent to an activating group) is 2. The van der Waals surface area contributed by atoms with Crippen molar-refractivity contribution in [3.8, 4) is 0 Å². The Kier molecular flexibility index (Phi) is 4.33. The van der Waals surface area contributed by atoms with Crippen molar-refractivity contribution >= 4 is 5.91 Å². The molecule has 18 heavy (non-hydrogen) atoms. The Labute approximate surface area is 108 Å². The number of fused-ring (bicyclic) bond motifs is 1. The largest absolute Gasteiger partial charge is 0.355 e. The lowest BCUT2D eigenvalue weighted by atomic mass is 9.96. The van der Waals surface area contributed by atoms with Crippen molar-refractivity contribution in [1.29, 1.82) is 0 Å². The van der Waals surface area contributed by atoms with E-state index in [1.54, 1.807) is 0 Å². The molecule has 0 spiro atoms. The van der Waals surface area contributed by atoms with E-state index in [9.17, 15) is 4.79 Å². The number of rotatable bonds is 4. The quantitative estimate of drug-likeness (QED) is 0.831. The molecule has 0 fully saturated rings. The van der Waals surface area contributed by atoms with Crippen molar-refractivity contribution in [1.82, 2.24) is 15.5 Å². The van der Waals surface area contributed by atoms with Crippen LogP contribution in [0.4, 0.5) is 0 Å². The van der Waals surface area contributed by atoms with Crippen LogP contribution >= 0.6 is 0 Å². The topological polar surface area (TPSA) is 44.4 Å². The van der Waals surface area contributed by atoms with E-state index in [-0.39, 0.29) is 11.9 Å². The second-order valence-corrected chi connectivity index (χ2v) is 4.71. The third kappa shape index (κ3) is 2.89. The van der Waals surface area contributed by atoms with Crippen LogP contribution in [0.25, 0.3) is 0 Å². The Hall–Kier alpha value is -1.39. The van der Waals surface area contributed by atoms with Gasteiger partial charge in [-0.05, 0) is 25.1 Å². The minimum absolute atomic E-state index is 0.0862. The van der Waals surface area contributed by atoms with Crippen molar-refractivity contribution in [3.63, 3.8) is 0 Å². The van der Waals surface area contributed by atoms with Gasteiger partial charge in [-0.25, -0.2) is 0 Å². The first-order valence-electron chi connectivity index (χ1n) is 6.47. The van der Waals surface area contributed by atoms with Gasteiger partial charge in [-0.1, -0.05) is 24.3 Å². The average molecular weight is 247 g/mol. The van der Waals surface area contributed by atoms with Crippen molar-refractivity contribution in [2.45, 2.75) is 19.5 Å². The molecular formula is C14H21N3O. The van der Waals surface area contributed by atoms with Gasteiger partial charge in [0, 0.05) is 25.7 Å². The van der Waals surface area contributed by atoms with Gasteiger partial charge in [0.15, 0.2) is 0 Å². The van der Waals surface area contributed by atoms with Gasteiger partial charge in [-0.15, -0.1) is 0 Å². The monoisotopic (exact) mass is 247 g/mol. The van der Waals surface area contributed by atoms with Crippen LogP contribution in [0.3, 0.4) is 0 Å². The maximum atomic E-state index is 11.6. The molecule has 4 nitrogen and oxygen atoms in total. The Morgan fingerprint density at radius 2 is 2.28 bits per heavy atom. The van der Waals surface area contributed by atoms with Gasteiger partial charge in [0.2, 0.25) is 5.91 Å². The second kappa shape index (κ2) is 5.98. The predicted octanol–water partition coefficient (Wildman–Crippen LogP) is 0.899. The molecule has 1 aromatic carbocycles. The molecule has 1 aliphatic rings. The van der Waals surface area contributed by atoms with E-state index < -0.39 is 0 Å². The van der Waals surface area contributed by atoms with Gasteiger partial charge in [0.05, 0.1) is 6.54 Å². The van der Waals surface area contributed by atoms with Crippen LogP contribution in [0.15, 0.2) is 24.3 Å². The summed E-state index contributed by atoms with van der Waals surface area (Å²) in [6.07, 6.45) is 0. The molecule has 0 aromatic heterocycles. The number of carbonyl (C=O) groups excluding carboxylic acids is 1. The van der Waals surface area contributed by atoms with Crippen LogP contribution in [-0.4, -0.2) is 37.5 Å². The van der Waals surface area contributed by atoms with Crippen molar-refractivity contribution in [2.24, 2.45) is 0 Å². The molecule has 98 valence electrons. The van der Waals surface area contributed by atoms with Crippen LogP contribution < -0.4 is 10.6 Å². The number of nitrogens with zero attached hydrogens (tertiary/aromatic N) is 1. The minimum atomic E-state index is 0.0862. The van der Waals surface area contributed by atoms with E-state index in [0.717, 1.165) is 13.1 Å². The molecule has 4 heteroatoms. The van der Waals surface area contributed by atoms with Crippen molar-refractivity contribution in [2.75, 3.05) is 26.7 Å². The molecule has 1 unspecified atom stereocenters. The molecule has 2 rings (SSSR count). The molecular weight excluding hydrogens is 226 g/mol. The zero-order valence-electron chi connectivity index (χ0n) is 11.1. The predicted molar refractivity (Wildman–Crippen MR) is 72.2 cm³/mol. The molecule has 0 aliphatic carbocycles. The summed E-state index contributed by atoms with van der Waals surface area (Å²) in [4.78, 5) is 13.7. The number of benzene rings is 1. The van der Waals surface area contributed by atoms with Crippen LogP contribution in [-0.2, 0) is 11.3 Å². The lowest BCUT2D eigenvalue weighted by Gasteiger charge is -2.33. The van der Waals surface area contributed by atoms with E-state index >= 15 is 0 Å². The summed E-state index contributed by atoms with van der Waals surface area (Å²) in [5.41, 5.74) is 2.67. The molecule has 1 amide bonds. The molecule has 1 aromatic rings. The Bertz CT molecular complexity index is 419. The maximum Gasteiger partial charge on any atom is 0.234 e. The van der Waals surface area contributed by atoms with E-state index in [0.29, 0.717) is 13.1 Å². The van der Waals surface area contributed by atoms with Crippen LogP contribution in [0.1, 0.15) is 24.1 Å². The van der Waals surface area contributed by atoms with Crippen molar-refractivity contribution < 1.29 is 4.79 Å². The summed E-state index contributed by atoms with van der Waals surface area (Å²) >= 11 is 0. The molecule has 1 aliphatic heterocycles. The van der Waals surface area contributed by atoms with Gasteiger partial charge in [0.25, 0.3) is 0 Å². The normalized spacial score (nSPS) is 18.5. The first kappa shape index (κ1) is 13.1. The highest BCUT2D eigenvalue weighted by molar-refractivity contribution is 5.77. The Balaban J connectivity index is 2.08. The zero-order chi connectivity index (χ0) is 13.0. The van der Waals surface area contributed by atoms with E-state index in [4.69, 9.17) is 0 Å². The van der Waals surface area contributed by atoms with Crippen molar-refractivity contribution in [3.05, 3.63) is 35.4 Å².